The van der Waals surface area contributed by atoms with E-state index in [0.29, 0.717) is 24.3 Å². The van der Waals surface area contributed by atoms with E-state index in [1.807, 2.05) is 0 Å². The van der Waals surface area contributed by atoms with Gasteiger partial charge in [-0.3, -0.25) is 15.1 Å². The zero-order valence-electron chi connectivity index (χ0n) is 14.7. The predicted molar refractivity (Wildman–Crippen MR) is 95.7 cm³/mol. The van der Waals surface area contributed by atoms with Crippen molar-refractivity contribution in [3.63, 3.8) is 0 Å². The van der Waals surface area contributed by atoms with Crippen molar-refractivity contribution >= 4 is 11.7 Å². The SMILES string of the molecule is C=C(CC1CCCCC1)C(=N)N(C)C(=O)CNC1CCCCC1. The summed E-state index contributed by atoms with van der Waals surface area (Å²) in [6, 6.07) is 0.473. The van der Waals surface area contributed by atoms with Gasteiger partial charge in [-0.25, -0.2) is 0 Å². The molecule has 0 saturated heterocycles. The molecule has 2 saturated carbocycles. The van der Waals surface area contributed by atoms with Crippen molar-refractivity contribution in [3.05, 3.63) is 12.2 Å². The van der Waals surface area contributed by atoms with Gasteiger partial charge in [0.05, 0.1) is 6.54 Å². The zero-order valence-corrected chi connectivity index (χ0v) is 14.7. The number of nitrogens with zero attached hydrogens (tertiary/aromatic N) is 1. The highest BCUT2D eigenvalue weighted by atomic mass is 16.2. The minimum absolute atomic E-state index is 0.0228. The molecule has 0 aromatic rings. The van der Waals surface area contributed by atoms with Crippen molar-refractivity contribution in [1.29, 1.82) is 5.41 Å². The minimum atomic E-state index is -0.0228. The fourth-order valence-electron chi connectivity index (χ4n) is 3.86. The molecule has 4 heteroatoms. The Hall–Kier alpha value is -1.16. The van der Waals surface area contributed by atoms with Crippen LogP contribution in [0, 0.1) is 11.3 Å². The number of hydrogen-bond donors (Lipinski definition) is 2. The lowest BCUT2D eigenvalue weighted by atomic mass is 9.85. The molecule has 23 heavy (non-hydrogen) atoms. The Morgan fingerprint density at radius 1 is 1.09 bits per heavy atom. The van der Waals surface area contributed by atoms with E-state index >= 15 is 0 Å². The first-order valence-electron chi connectivity index (χ1n) is 9.34. The summed E-state index contributed by atoms with van der Waals surface area (Å²) in [4.78, 5) is 13.8. The van der Waals surface area contributed by atoms with Crippen molar-refractivity contribution < 1.29 is 4.79 Å². The molecule has 2 fully saturated rings. The summed E-state index contributed by atoms with van der Waals surface area (Å²) < 4.78 is 0. The molecule has 0 unspecified atom stereocenters. The third-order valence-corrected chi connectivity index (χ3v) is 5.45. The largest absolute Gasteiger partial charge is 0.306 e. The Kier molecular flexibility index (Phi) is 7.28. The van der Waals surface area contributed by atoms with Crippen LogP contribution in [0.2, 0.25) is 0 Å². The summed E-state index contributed by atoms with van der Waals surface area (Å²) in [6.45, 7) is 4.40. The highest BCUT2D eigenvalue weighted by Crippen LogP contribution is 2.28. The molecule has 0 aromatic carbocycles. The molecule has 0 aliphatic heterocycles. The molecular formula is C19H33N3O. The van der Waals surface area contributed by atoms with Crippen LogP contribution < -0.4 is 5.32 Å². The summed E-state index contributed by atoms with van der Waals surface area (Å²) in [5, 5.41) is 11.6. The topological polar surface area (TPSA) is 56.2 Å². The lowest BCUT2D eigenvalue weighted by Gasteiger charge is -2.26. The van der Waals surface area contributed by atoms with E-state index < -0.39 is 0 Å². The number of rotatable bonds is 6. The minimum Gasteiger partial charge on any atom is -0.306 e. The fourth-order valence-corrected chi connectivity index (χ4v) is 3.86. The van der Waals surface area contributed by atoms with Gasteiger partial charge < -0.3 is 5.32 Å². The van der Waals surface area contributed by atoms with Gasteiger partial charge in [0.1, 0.15) is 5.84 Å². The van der Waals surface area contributed by atoms with E-state index in [2.05, 4.69) is 11.9 Å². The number of amidine groups is 1. The van der Waals surface area contributed by atoms with Gasteiger partial charge >= 0.3 is 0 Å². The number of amides is 1. The van der Waals surface area contributed by atoms with Crippen molar-refractivity contribution in [1.82, 2.24) is 10.2 Å². The summed E-state index contributed by atoms with van der Waals surface area (Å²) in [5.74, 6) is 0.928. The molecule has 0 aromatic heterocycles. The van der Waals surface area contributed by atoms with Crippen molar-refractivity contribution in [2.45, 2.75) is 76.7 Å². The monoisotopic (exact) mass is 319 g/mol. The molecule has 0 spiro atoms. The maximum absolute atomic E-state index is 12.3. The van der Waals surface area contributed by atoms with Crippen LogP contribution in [-0.4, -0.2) is 36.3 Å². The number of carbonyl (C=O) groups is 1. The van der Waals surface area contributed by atoms with Crippen LogP contribution in [-0.2, 0) is 4.79 Å². The lowest BCUT2D eigenvalue weighted by molar-refractivity contribution is -0.125. The predicted octanol–water partition coefficient (Wildman–Crippen LogP) is 3.87. The molecular weight excluding hydrogens is 286 g/mol. The van der Waals surface area contributed by atoms with Gasteiger partial charge in [-0.15, -0.1) is 0 Å². The van der Waals surface area contributed by atoms with Crippen LogP contribution >= 0.6 is 0 Å². The van der Waals surface area contributed by atoms with Gasteiger partial charge in [-0.2, -0.15) is 0 Å². The van der Waals surface area contributed by atoms with E-state index in [4.69, 9.17) is 5.41 Å². The first-order chi connectivity index (χ1) is 11.1. The Balaban J connectivity index is 1.73. The van der Waals surface area contributed by atoms with Gasteiger partial charge in [0.15, 0.2) is 0 Å². The molecule has 0 radical (unpaired) electrons. The quantitative estimate of drug-likeness (QED) is 0.577. The molecule has 0 atom stereocenters. The molecule has 2 aliphatic rings. The van der Waals surface area contributed by atoms with Gasteiger partial charge in [0.2, 0.25) is 5.91 Å². The van der Waals surface area contributed by atoms with Gasteiger partial charge in [0, 0.05) is 13.1 Å². The maximum Gasteiger partial charge on any atom is 0.241 e. The smallest absolute Gasteiger partial charge is 0.241 e. The fraction of sp³-hybridized carbons (Fsp3) is 0.789. The zero-order chi connectivity index (χ0) is 16.7. The first kappa shape index (κ1) is 18.2. The maximum atomic E-state index is 12.3. The van der Waals surface area contributed by atoms with Crippen LogP contribution in [0.5, 0.6) is 0 Å². The molecule has 1 amide bonds. The average molecular weight is 319 g/mol. The Morgan fingerprint density at radius 3 is 2.26 bits per heavy atom. The molecule has 0 heterocycles. The van der Waals surface area contributed by atoms with Gasteiger partial charge in [-0.05, 0) is 30.8 Å². The van der Waals surface area contributed by atoms with Crippen LogP contribution in [0.25, 0.3) is 0 Å². The molecule has 0 bridgehead atoms. The normalized spacial score (nSPS) is 20.2. The first-order valence-corrected chi connectivity index (χ1v) is 9.34. The highest BCUT2D eigenvalue weighted by Gasteiger charge is 2.21. The Bertz CT molecular complexity index is 420. The van der Waals surface area contributed by atoms with E-state index in [0.717, 1.165) is 12.0 Å². The number of likely N-dealkylation sites (N-methyl/N-ethyl adjacent to an activating group) is 1. The Labute approximate surface area is 141 Å². The summed E-state index contributed by atoms with van der Waals surface area (Å²) >= 11 is 0. The van der Waals surface area contributed by atoms with Crippen LogP contribution in [0.4, 0.5) is 0 Å². The second-order valence-electron chi connectivity index (χ2n) is 7.33. The van der Waals surface area contributed by atoms with E-state index in [9.17, 15) is 4.79 Å². The molecule has 2 aliphatic carbocycles. The molecule has 130 valence electrons. The second kappa shape index (κ2) is 9.21. The number of nitrogens with one attached hydrogen (secondary N) is 2. The van der Waals surface area contributed by atoms with Crippen molar-refractivity contribution in [2.24, 2.45) is 5.92 Å². The average Bonchev–Trinajstić information content (AvgIpc) is 2.60. The highest BCUT2D eigenvalue weighted by molar-refractivity contribution is 6.05. The molecule has 2 N–H and O–H groups in total. The van der Waals surface area contributed by atoms with Crippen LogP contribution in [0.1, 0.15) is 70.6 Å². The standard InChI is InChI=1S/C19H33N3O/c1-15(13-16-9-5-3-6-10-16)19(20)22(2)18(23)14-21-17-11-7-4-8-12-17/h16-17,20-21H,1,3-14H2,2H3. The third-order valence-electron chi connectivity index (χ3n) is 5.45. The van der Waals surface area contributed by atoms with Gasteiger partial charge in [0.25, 0.3) is 0 Å². The van der Waals surface area contributed by atoms with E-state index in [1.54, 1.807) is 7.05 Å². The summed E-state index contributed by atoms with van der Waals surface area (Å²) in [7, 11) is 1.71. The van der Waals surface area contributed by atoms with Crippen molar-refractivity contribution in [3.8, 4) is 0 Å². The Morgan fingerprint density at radius 2 is 1.65 bits per heavy atom. The lowest BCUT2D eigenvalue weighted by Crippen LogP contribution is -2.43. The molecule has 2 rings (SSSR count). The van der Waals surface area contributed by atoms with Crippen molar-refractivity contribution in [2.75, 3.05) is 13.6 Å². The van der Waals surface area contributed by atoms with Crippen LogP contribution in [0.15, 0.2) is 12.2 Å². The van der Waals surface area contributed by atoms with E-state index in [-0.39, 0.29) is 5.91 Å². The summed E-state index contributed by atoms with van der Waals surface area (Å²) in [5.41, 5.74) is 0.811. The van der Waals surface area contributed by atoms with Gasteiger partial charge in [-0.1, -0.05) is 57.9 Å². The third kappa shape index (κ3) is 5.76. The number of hydrogen-bond acceptors (Lipinski definition) is 3. The number of carbonyl (C=O) groups excluding carboxylic acids is 1. The van der Waals surface area contributed by atoms with Crippen LogP contribution in [0.3, 0.4) is 0 Å². The van der Waals surface area contributed by atoms with E-state index in [1.165, 1.54) is 69.1 Å². The summed E-state index contributed by atoms with van der Waals surface area (Å²) in [6.07, 6.45) is 13.5. The molecule has 4 nitrogen and oxygen atoms in total. The second-order valence-corrected chi connectivity index (χ2v) is 7.33.